The molecule has 2 unspecified atom stereocenters. The van der Waals surface area contributed by atoms with E-state index < -0.39 is 5.60 Å². The van der Waals surface area contributed by atoms with E-state index in [4.69, 9.17) is 21.1 Å². The Balaban J connectivity index is 1.72. The molecule has 128 valence electrons. The maximum Gasteiger partial charge on any atom is 0.170 e. The summed E-state index contributed by atoms with van der Waals surface area (Å²) in [6.45, 7) is 4.27. The van der Waals surface area contributed by atoms with Gasteiger partial charge in [-0.05, 0) is 42.3 Å². The van der Waals surface area contributed by atoms with Crippen LogP contribution in [0.1, 0.15) is 18.1 Å². The van der Waals surface area contributed by atoms with Crippen LogP contribution in [0.15, 0.2) is 48.5 Å². The molecule has 0 aromatic heterocycles. The van der Waals surface area contributed by atoms with Crippen molar-refractivity contribution in [2.24, 2.45) is 0 Å². The van der Waals surface area contributed by atoms with Gasteiger partial charge in [-0.1, -0.05) is 35.9 Å². The molecule has 1 aliphatic heterocycles. The summed E-state index contributed by atoms with van der Waals surface area (Å²) in [7, 11) is 1.67. The van der Waals surface area contributed by atoms with Crippen LogP contribution in [0.4, 0.5) is 5.69 Å². The second kappa shape index (κ2) is 7.53. The number of morpholine rings is 1. The van der Waals surface area contributed by atoms with Crippen LogP contribution >= 0.6 is 11.6 Å². The largest absolute Gasteiger partial charge is 0.381 e. The number of benzene rings is 2. The molecule has 5 heteroatoms. The van der Waals surface area contributed by atoms with Gasteiger partial charge in [0.1, 0.15) is 5.60 Å². The maximum atomic E-state index is 6.11. The molecule has 24 heavy (non-hydrogen) atoms. The van der Waals surface area contributed by atoms with Crippen LogP contribution in [0.5, 0.6) is 0 Å². The lowest BCUT2D eigenvalue weighted by Crippen LogP contribution is -2.50. The molecule has 2 N–H and O–H groups in total. The minimum Gasteiger partial charge on any atom is -0.381 e. The van der Waals surface area contributed by atoms with Gasteiger partial charge in [0.15, 0.2) is 6.29 Å². The van der Waals surface area contributed by atoms with Crippen molar-refractivity contribution in [1.82, 2.24) is 5.32 Å². The lowest BCUT2D eigenvalue weighted by Gasteiger charge is -2.39. The predicted molar refractivity (Wildman–Crippen MR) is 97.3 cm³/mol. The van der Waals surface area contributed by atoms with Crippen molar-refractivity contribution in [3.63, 3.8) is 0 Å². The SMILES string of the molecule is COC1CNCC(C)(c2cccc(NCc3cccc(Cl)c3)c2)O1. The standard InChI is InChI=1S/C19H23ClN2O2/c1-19(13-21-12-18(23-2)24-19)15-6-4-8-17(10-15)22-11-14-5-3-7-16(20)9-14/h3-10,18,21-22H,11-13H2,1-2H3. The van der Waals surface area contributed by atoms with Gasteiger partial charge in [-0.2, -0.15) is 0 Å². The van der Waals surface area contributed by atoms with Gasteiger partial charge in [-0.3, -0.25) is 0 Å². The first-order chi connectivity index (χ1) is 11.6. The Bertz CT molecular complexity index is 695. The molecule has 1 aliphatic rings. The highest BCUT2D eigenvalue weighted by molar-refractivity contribution is 6.30. The Morgan fingerprint density at radius 1 is 1.29 bits per heavy atom. The molecule has 0 spiro atoms. The number of hydrogen-bond donors (Lipinski definition) is 2. The van der Waals surface area contributed by atoms with E-state index in [1.807, 2.05) is 24.3 Å². The third-order valence-electron chi connectivity index (χ3n) is 4.29. The highest BCUT2D eigenvalue weighted by Crippen LogP contribution is 2.30. The van der Waals surface area contributed by atoms with Crippen LogP contribution in [0.3, 0.4) is 0 Å². The third-order valence-corrected chi connectivity index (χ3v) is 4.52. The summed E-state index contributed by atoms with van der Waals surface area (Å²) in [5.41, 5.74) is 2.91. The molecule has 1 heterocycles. The summed E-state index contributed by atoms with van der Waals surface area (Å²) in [5.74, 6) is 0. The fraction of sp³-hybridized carbons (Fsp3) is 0.368. The summed E-state index contributed by atoms with van der Waals surface area (Å²) in [4.78, 5) is 0. The number of methoxy groups -OCH3 is 1. The van der Waals surface area contributed by atoms with E-state index in [1.54, 1.807) is 7.11 Å². The second-order valence-corrected chi connectivity index (χ2v) is 6.65. The molecule has 1 fully saturated rings. The second-order valence-electron chi connectivity index (χ2n) is 6.21. The summed E-state index contributed by atoms with van der Waals surface area (Å²) >= 11 is 6.04. The average Bonchev–Trinajstić information content (AvgIpc) is 2.60. The molecular weight excluding hydrogens is 324 g/mol. The predicted octanol–water partition coefficient (Wildman–Crippen LogP) is 3.76. The lowest BCUT2D eigenvalue weighted by atomic mass is 9.94. The van der Waals surface area contributed by atoms with Crippen molar-refractivity contribution < 1.29 is 9.47 Å². The smallest absolute Gasteiger partial charge is 0.170 e. The van der Waals surface area contributed by atoms with E-state index in [-0.39, 0.29) is 6.29 Å². The highest BCUT2D eigenvalue weighted by atomic mass is 35.5. The number of halogens is 1. The Hall–Kier alpha value is -1.59. The summed E-state index contributed by atoms with van der Waals surface area (Å²) < 4.78 is 11.5. The Morgan fingerprint density at radius 2 is 2.12 bits per heavy atom. The van der Waals surface area contributed by atoms with E-state index in [0.29, 0.717) is 6.54 Å². The quantitative estimate of drug-likeness (QED) is 0.865. The Morgan fingerprint density at radius 3 is 2.92 bits per heavy atom. The van der Waals surface area contributed by atoms with Crippen molar-refractivity contribution in [2.45, 2.75) is 25.4 Å². The van der Waals surface area contributed by atoms with Crippen LogP contribution in [-0.4, -0.2) is 26.5 Å². The number of rotatable bonds is 5. The van der Waals surface area contributed by atoms with Gasteiger partial charge in [-0.15, -0.1) is 0 Å². The summed E-state index contributed by atoms with van der Waals surface area (Å²) in [6, 6.07) is 16.2. The van der Waals surface area contributed by atoms with Gasteiger partial charge >= 0.3 is 0 Å². The van der Waals surface area contributed by atoms with Crippen LogP contribution in [-0.2, 0) is 21.6 Å². The van der Waals surface area contributed by atoms with Crippen LogP contribution in [0.25, 0.3) is 0 Å². The zero-order valence-electron chi connectivity index (χ0n) is 14.0. The van der Waals surface area contributed by atoms with Crippen LogP contribution < -0.4 is 10.6 Å². The first-order valence-corrected chi connectivity index (χ1v) is 8.47. The van der Waals surface area contributed by atoms with Gasteiger partial charge < -0.3 is 20.1 Å². The third kappa shape index (κ3) is 4.08. The number of nitrogens with one attached hydrogen (secondary N) is 2. The molecule has 0 saturated carbocycles. The topological polar surface area (TPSA) is 42.5 Å². The van der Waals surface area contributed by atoms with Gasteiger partial charge in [0.05, 0.1) is 0 Å². The Kier molecular flexibility index (Phi) is 5.41. The van der Waals surface area contributed by atoms with E-state index in [2.05, 4.69) is 41.8 Å². The van der Waals surface area contributed by atoms with Crippen molar-refractivity contribution >= 4 is 17.3 Å². The van der Waals surface area contributed by atoms with E-state index in [1.165, 1.54) is 0 Å². The van der Waals surface area contributed by atoms with E-state index in [0.717, 1.165) is 34.9 Å². The molecule has 0 bridgehead atoms. The maximum absolute atomic E-state index is 6.11. The van der Waals surface area contributed by atoms with Crippen molar-refractivity contribution in [2.75, 3.05) is 25.5 Å². The lowest BCUT2D eigenvalue weighted by molar-refractivity contribution is -0.214. The average molecular weight is 347 g/mol. The van der Waals surface area contributed by atoms with Gasteiger partial charge in [0, 0.05) is 37.5 Å². The molecule has 4 nitrogen and oxygen atoms in total. The van der Waals surface area contributed by atoms with E-state index in [9.17, 15) is 0 Å². The van der Waals surface area contributed by atoms with Gasteiger partial charge in [0.2, 0.25) is 0 Å². The first-order valence-electron chi connectivity index (χ1n) is 8.09. The zero-order chi connectivity index (χ0) is 17.0. The Labute approximate surface area is 148 Å². The first kappa shape index (κ1) is 17.2. The molecule has 0 aliphatic carbocycles. The number of anilines is 1. The summed E-state index contributed by atoms with van der Waals surface area (Å²) in [6.07, 6.45) is -0.230. The molecular formula is C19H23ClN2O2. The zero-order valence-corrected chi connectivity index (χ0v) is 14.8. The molecule has 2 aromatic carbocycles. The molecule has 3 rings (SSSR count). The fourth-order valence-electron chi connectivity index (χ4n) is 2.91. The molecule has 2 aromatic rings. The molecule has 0 radical (unpaired) electrons. The van der Waals surface area contributed by atoms with Gasteiger partial charge in [0.25, 0.3) is 0 Å². The van der Waals surface area contributed by atoms with Gasteiger partial charge in [-0.25, -0.2) is 0 Å². The van der Waals surface area contributed by atoms with Crippen molar-refractivity contribution in [1.29, 1.82) is 0 Å². The molecule has 0 amide bonds. The normalized spacial score (nSPS) is 23.9. The fourth-order valence-corrected chi connectivity index (χ4v) is 3.13. The van der Waals surface area contributed by atoms with E-state index >= 15 is 0 Å². The molecule has 1 saturated heterocycles. The minimum atomic E-state index is -0.410. The highest BCUT2D eigenvalue weighted by Gasteiger charge is 2.34. The van der Waals surface area contributed by atoms with Crippen molar-refractivity contribution in [3.8, 4) is 0 Å². The van der Waals surface area contributed by atoms with Crippen LogP contribution in [0, 0.1) is 0 Å². The molecule has 2 atom stereocenters. The minimum absolute atomic E-state index is 0.230. The summed E-state index contributed by atoms with van der Waals surface area (Å²) in [5, 5.41) is 7.57. The van der Waals surface area contributed by atoms with Crippen molar-refractivity contribution in [3.05, 3.63) is 64.7 Å². The number of hydrogen-bond acceptors (Lipinski definition) is 4. The van der Waals surface area contributed by atoms with Crippen LogP contribution in [0.2, 0.25) is 5.02 Å². The number of ether oxygens (including phenoxy) is 2. The monoisotopic (exact) mass is 346 g/mol.